The summed E-state index contributed by atoms with van der Waals surface area (Å²) in [5, 5.41) is 6.18. The molecule has 1 amide bonds. The van der Waals surface area contributed by atoms with Gasteiger partial charge in [-0.1, -0.05) is 24.8 Å². The van der Waals surface area contributed by atoms with Crippen LogP contribution in [0.15, 0.2) is 34.1 Å². The second kappa shape index (κ2) is 8.19. The fraction of sp³-hybridized carbons (Fsp3) is 0.500. The van der Waals surface area contributed by atoms with Gasteiger partial charge in [-0.05, 0) is 43.0 Å². The lowest BCUT2D eigenvalue weighted by molar-refractivity contribution is -0.119. The van der Waals surface area contributed by atoms with E-state index in [0.29, 0.717) is 17.1 Å². The zero-order chi connectivity index (χ0) is 17.8. The van der Waals surface area contributed by atoms with Crippen LogP contribution in [0.1, 0.15) is 32.6 Å². The molecule has 0 saturated heterocycles. The Balaban J connectivity index is 1.67. The van der Waals surface area contributed by atoms with Crippen LogP contribution in [0.4, 0.5) is 0 Å². The first kappa shape index (κ1) is 18.2. The summed E-state index contributed by atoms with van der Waals surface area (Å²) in [6.07, 6.45) is 6.13. The number of carbonyl (C=O) groups excluding carboxylic acids is 1. The summed E-state index contributed by atoms with van der Waals surface area (Å²) in [5.74, 6) is 1.04. The summed E-state index contributed by atoms with van der Waals surface area (Å²) in [5.41, 5.74) is -0.0738. The van der Waals surface area contributed by atoms with Gasteiger partial charge >= 0.3 is 0 Å². The number of nitrogens with zero attached hydrogens (tertiary/aromatic N) is 2. The summed E-state index contributed by atoms with van der Waals surface area (Å²) < 4.78 is 1.59. The van der Waals surface area contributed by atoms with E-state index in [-0.39, 0.29) is 23.3 Å². The smallest absolute Gasteiger partial charge is 0.263 e. The van der Waals surface area contributed by atoms with Crippen molar-refractivity contribution in [2.24, 2.45) is 5.92 Å². The van der Waals surface area contributed by atoms with Crippen LogP contribution < -0.4 is 10.9 Å². The van der Waals surface area contributed by atoms with Gasteiger partial charge in [0.15, 0.2) is 5.16 Å². The predicted octanol–water partition coefficient (Wildman–Crippen LogP) is 3.43. The van der Waals surface area contributed by atoms with Crippen LogP contribution in [0.5, 0.6) is 0 Å². The molecule has 0 spiro atoms. The normalized spacial score (nSPS) is 20.5. The summed E-state index contributed by atoms with van der Waals surface area (Å²) >= 11 is 2.76. The van der Waals surface area contributed by atoms with Gasteiger partial charge in [0, 0.05) is 12.6 Å². The molecule has 2 aromatic heterocycles. The third-order valence-electron chi connectivity index (χ3n) is 4.57. The third-order valence-corrected chi connectivity index (χ3v) is 6.36. The van der Waals surface area contributed by atoms with E-state index in [1.54, 1.807) is 16.7 Å². The molecule has 0 aromatic carbocycles. The van der Waals surface area contributed by atoms with Crippen LogP contribution in [0.2, 0.25) is 0 Å². The van der Waals surface area contributed by atoms with Crippen molar-refractivity contribution in [2.75, 3.05) is 5.75 Å². The average Bonchev–Trinajstić information content (AvgIpc) is 3.07. The highest BCUT2D eigenvalue weighted by Gasteiger charge is 2.20. The molecular formula is C18H23N3O2S2. The van der Waals surface area contributed by atoms with Crippen molar-refractivity contribution < 1.29 is 4.79 Å². The van der Waals surface area contributed by atoms with E-state index in [4.69, 9.17) is 0 Å². The number of fused-ring (bicyclic) bond motifs is 1. The minimum atomic E-state index is -0.0738. The number of hydrogen-bond donors (Lipinski definition) is 1. The van der Waals surface area contributed by atoms with Gasteiger partial charge in [-0.3, -0.25) is 14.2 Å². The van der Waals surface area contributed by atoms with E-state index in [9.17, 15) is 9.59 Å². The Kier molecular flexibility index (Phi) is 5.96. The van der Waals surface area contributed by atoms with Gasteiger partial charge in [-0.2, -0.15) is 0 Å². The molecule has 0 unspecified atom stereocenters. The highest BCUT2D eigenvalue weighted by molar-refractivity contribution is 7.99. The summed E-state index contributed by atoms with van der Waals surface area (Å²) in [4.78, 5) is 30.1. The van der Waals surface area contributed by atoms with Crippen LogP contribution in [0, 0.1) is 5.92 Å². The first-order chi connectivity index (χ1) is 12.1. The van der Waals surface area contributed by atoms with Gasteiger partial charge in [0.25, 0.3) is 5.56 Å². The highest BCUT2D eigenvalue weighted by atomic mass is 32.2. The highest BCUT2D eigenvalue weighted by Crippen LogP contribution is 2.24. The van der Waals surface area contributed by atoms with Crippen molar-refractivity contribution in [3.05, 3.63) is 34.5 Å². The number of allylic oxidation sites excluding steroid dienone is 1. The average molecular weight is 378 g/mol. The van der Waals surface area contributed by atoms with Gasteiger partial charge < -0.3 is 5.32 Å². The number of thiophene rings is 1. The zero-order valence-electron chi connectivity index (χ0n) is 14.4. The Morgan fingerprint density at radius 2 is 2.24 bits per heavy atom. The van der Waals surface area contributed by atoms with E-state index >= 15 is 0 Å². The van der Waals surface area contributed by atoms with Crippen molar-refractivity contribution >= 4 is 39.2 Å². The van der Waals surface area contributed by atoms with Gasteiger partial charge in [0.1, 0.15) is 4.83 Å². The lowest BCUT2D eigenvalue weighted by atomic mass is 9.87. The van der Waals surface area contributed by atoms with Gasteiger partial charge in [0.2, 0.25) is 5.91 Å². The second-order valence-electron chi connectivity index (χ2n) is 6.55. The maximum atomic E-state index is 12.6. The van der Waals surface area contributed by atoms with E-state index in [2.05, 4.69) is 23.8 Å². The molecular weight excluding hydrogens is 354 g/mol. The Bertz CT molecular complexity index is 819. The van der Waals surface area contributed by atoms with Crippen molar-refractivity contribution in [3.63, 3.8) is 0 Å². The topological polar surface area (TPSA) is 64.0 Å². The molecule has 1 aliphatic rings. The van der Waals surface area contributed by atoms with E-state index in [1.807, 2.05) is 5.38 Å². The maximum Gasteiger partial charge on any atom is 0.263 e. The standard InChI is InChI=1S/C18H23N3O2S2/c1-3-9-21-17(23)14-8-10-24-16(14)20-18(21)25-11-15(22)19-13-6-4-12(2)5-7-13/h3,8,10,12-13H,1,4-7,9,11H2,2H3,(H,19,22). The monoisotopic (exact) mass is 377 g/mol. The summed E-state index contributed by atoms with van der Waals surface area (Å²) in [6, 6.07) is 2.08. The van der Waals surface area contributed by atoms with Crippen LogP contribution in [0.25, 0.3) is 10.2 Å². The number of thioether (sulfide) groups is 1. The number of carbonyl (C=O) groups is 1. The molecule has 1 N–H and O–H groups in total. The van der Waals surface area contributed by atoms with Crippen LogP contribution >= 0.6 is 23.1 Å². The molecule has 25 heavy (non-hydrogen) atoms. The van der Waals surface area contributed by atoms with Crippen molar-refractivity contribution in [1.29, 1.82) is 0 Å². The fourth-order valence-corrected chi connectivity index (χ4v) is 4.76. The van der Waals surface area contributed by atoms with Crippen LogP contribution in [0.3, 0.4) is 0 Å². The summed E-state index contributed by atoms with van der Waals surface area (Å²) in [6.45, 7) is 6.37. The Morgan fingerprint density at radius 3 is 2.96 bits per heavy atom. The minimum absolute atomic E-state index is 0.00947. The molecule has 0 atom stereocenters. The Morgan fingerprint density at radius 1 is 1.48 bits per heavy atom. The number of amides is 1. The predicted molar refractivity (Wildman–Crippen MR) is 104 cm³/mol. The molecule has 1 aliphatic carbocycles. The molecule has 5 nitrogen and oxygen atoms in total. The van der Waals surface area contributed by atoms with Crippen molar-refractivity contribution in [1.82, 2.24) is 14.9 Å². The van der Waals surface area contributed by atoms with Crippen LogP contribution in [-0.2, 0) is 11.3 Å². The fourth-order valence-electron chi connectivity index (χ4n) is 3.13. The van der Waals surface area contributed by atoms with Crippen molar-refractivity contribution in [2.45, 2.75) is 50.4 Å². The molecule has 134 valence electrons. The lowest BCUT2D eigenvalue weighted by Crippen LogP contribution is -2.38. The van der Waals surface area contributed by atoms with E-state index in [1.165, 1.54) is 35.9 Å². The Labute approximate surface area is 155 Å². The second-order valence-corrected chi connectivity index (χ2v) is 8.39. The summed E-state index contributed by atoms with van der Waals surface area (Å²) in [7, 11) is 0. The Hall–Kier alpha value is -1.60. The number of nitrogens with one attached hydrogen (secondary N) is 1. The zero-order valence-corrected chi connectivity index (χ0v) is 16.0. The lowest BCUT2D eigenvalue weighted by Gasteiger charge is -2.26. The number of aromatic nitrogens is 2. The molecule has 3 rings (SSSR count). The molecule has 0 radical (unpaired) electrons. The number of rotatable bonds is 6. The number of hydrogen-bond acceptors (Lipinski definition) is 5. The molecule has 7 heteroatoms. The van der Waals surface area contributed by atoms with E-state index in [0.717, 1.165) is 23.6 Å². The van der Waals surface area contributed by atoms with Crippen LogP contribution in [-0.4, -0.2) is 27.3 Å². The van der Waals surface area contributed by atoms with E-state index < -0.39 is 0 Å². The van der Waals surface area contributed by atoms with Crippen molar-refractivity contribution in [3.8, 4) is 0 Å². The van der Waals surface area contributed by atoms with Gasteiger partial charge in [-0.15, -0.1) is 17.9 Å². The first-order valence-electron chi connectivity index (χ1n) is 8.59. The molecule has 1 saturated carbocycles. The largest absolute Gasteiger partial charge is 0.353 e. The molecule has 0 aliphatic heterocycles. The molecule has 2 heterocycles. The molecule has 2 aromatic rings. The SMILES string of the molecule is C=CCn1c(SCC(=O)NC2CCC(C)CC2)nc2sccc2c1=O. The minimum Gasteiger partial charge on any atom is -0.353 e. The first-order valence-corrected chi connectivity index (χ1v) is 10.5. The van der Waals surface area contributed by atoms with Gasteiger partial charge in [-0.25, -0.2) is 4.98 Å². The molecule has 0 bridgehead atoms. The quantitative estimate of drug-likeness (QED) is 0.476. The molecule has 1 fully saturated rings. The third kappa shape index (κ3) is 4.33. The maximum absolute atomic E-state index is 12.6. The van der Waals surface area contributed by atoms with Gasteiger partial charge in [0.05, 0.1) is 11.1 Å².